The zero-order valence-electron chi connectivity index (χ0n) is 16.7. The largest absolute Gasteiger partial charge is 0.378 e. The van der Waals surface area contributed by atoms with Gasteiger partial charge in [0, 0.05) is 30.2 Å². The maximum absolute atomic E-state index is 5.97. The summed E-state index contributed by atoms with van der Waals surface area (Å²) >= 11 is 0. The average Bonchev–Trinajstić information content (AvgIpc) is 3.19. The van der Waals surface area contributed by atoms with E-state index in [9.17, 15) is 0 Å². The van der Waals surface area contributed by atoms with Crippen molar-refractivity contribution in [1.29, 1.82) is 0 Å². The molecule has 2 aliphatic rings. The smallest absolute Gasteiger partial charge is 0.191 e. The van der Waals surface area contributed by atoms with Gasteiger partial charge in [-0.15, -0.1) is 0 Å². The first-order valence-electron chi connectivity index (χ1n) is 10.4. The third-order valence-electron chi connectivity index (χ3n) is 6.13. The van der Waals surface area contributed by atoms with Gasteiger partial charge in [0.25, 0.3) is 0 Å². The number of hydrogen-bond acceptors (Lipinski definition) is 4. The molecule has 7 nitrogen and oxygen atoms in total. The molecule has 0 saturated heterocycles. The van der Waals surface area contributed by atoms with Crippen molar-refractivity contribution in [2.75, 3.05) is 13.2 Å². The van der Waals surface area contributed by atoms with Crippen LogP contribution in [-0.2, 0) is 11.3 Å². The first kappa shape index (κ1) is 18.9. The Morgan fingerprint density at radius 3 is 2.93 bits per heavy atom. The lowest BCUT2D eigenvalue weighted by Crippen LogP contribution is -2.68. The third kappa shape index (κ3) is 3.63. The number of ether oxygens (including phenoxy) is 1. The van der Waals surface area contributed by atoms with E-state index < -0.39 is 0 Å². The van der Waals surface area contributed by atoms with E-state index in [4.69, 9.17) is 9.73 Å². The molecule has 0 radical (unpaired) electrons. The number of nitrogens with zero attached hydrogens (tertiary/aromatic N) is 3. The van der Waals surface area contributed by atoms with Crippen molar-refractivity contribution < 1.29 is 4.74 Å². The predicted octanol–water partition coefficient (Wildman–Crippen LogP) is 2.87. The molecule has 4 rings (SSSR count). The fourth-order valence-electron chi connectivity index (χ4n) is 4.46. The van der Waals surface area contributed by atoms with Gasteiger partial charge in [0.1, 0.15) is 6.33 Å². The summed E-state index contributed by atoms with van der Waals surface area (Å²) in [5.41, 5.74) is 2.48. The minimum Gasteiger partial charge on any atom is -0.378 e. The molecule has 0 aliphatic heterocycles. The van der Waals surface area contributed by atoms with E-state index in [0.29, 0.717) is 24.1 Å². The fourth-order valence-corrected chi connectivity index (χ4v) is 4.46. The molecular weight excluding hydrogens is 352 g/mol. The van der Waals surface area contributed by atoms with Crippen LogP contribution in [0.1, 0.15) is 45.1 Å². The zero-order chi connectivity index (χ0) is 19.4. The van der Waals surface area contributed by atoms with Gasteiger partial charge in [0.05, 0.1) is 12.6 Å². The Labute approximate surface area is 166 Å². The summed E-state index contributed by atoms with van der Waals surface area (Å²) in [4.78, 5) is 9.06. The van der Waals surface area contributed by atoms with Crippen LogP contribution in [0.15, 0.2) is 35.6 Å². The Hall–Kier alpha value is -2.41. The molecule has 0 bridgehead atoms. The highest BCUT2D eigenvalue weighted by Crippen LogP contribution is 2.57. The summed E-state index contributed by atoms with van der Waals surface area (Å²) in [5, 5.41) is 13.9. The van der Waals surface area contributed by atoms with E-state index in [0.717, 1.165) is 42.5 Å². The minimum absolute atomic E-state index is 0.318. The number of aromatic amines is 1. The van der Waals surface area contributed by atoms with E-state index in [-0.39, 0.29) is 0 Å². The van der Waals surface area contributed by atoms with Crippen LogP contribution in [0.2, 0.25) is 0 Å². The predicted molar refractivity (Wildman–Crippen MR) is 110 cm³/mol. The van der Waals surface area contributed by atoms with E-state index in [2.05, 4.69) is 51.8 Å². The molecule has 0 amide bonds. The average molecular weight is 383 g/mol. The van der Waals surface area contributed by atoms with Gasteiger partial charge in [-0.3, -0.25) is 5.10 Å². The first-order chi connectivity index (χ1) is 13.7. The molecule has 3 N–H and O–H groups in total. The molecule has 2 atom stereocenters. The van der Waals surface area contributed by atoms with Crippen molar-refractivity contribution in [3.8, 4) is 11.4 Å². The second-order valence-corrected chi connectivity index (χ2v) is 7.69. The van der Waals surface area contributed by atoms with Crippen LogP contribution in [-0.4, -0.2) is 46.4 Å². The van der Waals surface area contributed by atoms with E-state index >= 15 is 0 Å². The zero-order valence-corrected chi connectivity index (χ0v) is 16.7. The lowest BCUT2D eigenvalue weighted by molar-refractivity contribution is -0.168. The molecule has 2 unspecified atom stereocenters. The van der Waals surface area contributed by atoms with Gasteiger partial charge in [-0.2, -0.15) is 5.10 Å². The summed E-state index contributed by atoms with van der Waals surface area (Å²) in [6.07, 6.45) is 6.83. The van der Waals surface area contributed by atoms with Crippen molar-refractivity contribution in [2.45, 2.75) is 58.2 Å². The van der Waals surface area contributed by atoms with E-state index in [1.807, 2.05) is 12.1 Å². The summed E-state index contributed by atoms with van der Waals surface area (Å²) in [7, 11) is 0. The molecule has 1 aromatic heterocycles. The highest BCUT2D eigenvalue weighted by Gasteiger charge is 2.59. The number of H-pyrrole nitrogens is 1. The topological polar surface area (TPSA) is 87.2 Å². The second kappa shape index (κ2) is 8.31. The SMILES string of the molecule is CCNC(=NCc1cccc(-c2ncn[nH]2)c1)NC1CC(OCC)C12CCC2. The lowest BCUT2D eigenvalue weighted by Gasteiger charge is -2.61. The van der Waals surface area contributed by atoms with Crippen LogP contribution in [0.4, 0.5) is 0 Å². The van der Waals surface area contributed by atoms with Crippen molar-refractivity contribution in [2.24, 2.45) is 10.4 Å². The summed E-state index contributed by atoms with van der Waals surface area (Å²) < 4.78 is 5.97. The molecule has 150 valence electrons. The van der Waals surface area contributed by atoms with Gasteiger partial charge < -0.3 is 15.4 Å². The molecule has 1 aromatic carbocycles. The van der Waals surface area contributed by atoms with Gasteiger partial charge >= 0.3 is 0 Å². The quantitative estimate of drug-likeness (QED) is 0.506. The molecule has 28 heavy (non-hydrogen) atoms. The fraction of sp³-hybridized carbons (Fsp3) is 0.571. The number of rotatable bonds is 7. The Morgan fingerprint density at radius 1 is 1.36 bits per heavy atom. The molecular formula is C21H30N6O. The monoisotopic (exact) mass is 382 g/mol. The molecule has 1 spiro atoms. The van der Waals surface area contributed by atoms with Gasteiger partial charge in [0.15, 0.2) is 11.8 Å². The number of aromatic nitrogens is 3. The van der Waals surface area contributed by atoms with E-state index in [1.54, 1.807) is 0 Å². The highest BCUT2D eigenvalue weighted by atomic mass is 16.5. The van der Waals surface area contributed by atoms with Crippen molar-refractivity contribution in [3.63, 3.8) is 0 Å². The maximum Gasteiger partial charge on any atom is 0.191 e. The Balaban J connectivity index is 1.42. The van der Waals surface area contributed by atoms with E-state index in [1.165, 1.54) is 25.6 Å². The number of nitrogens with one attached hydrogen (secondary N) is 3. The maximum atomic E-state index is 5.97. The number of aliphatic imine (C=N–C) groups is 1. The van der Waals surface area contributed by atoms with Gasteiger partial charge in [-0.25, -0.2) is 9.98 Å². The molecule has 2 aromatic rings. The number of hydrogen-bond donors (Lipinski definition) is 3. The van der Waals surface area contributed by atoms with Gasteiger partial charge in [0.2, 0.25) is 0 Å². The molecule has 2 saturated carbocycles. The van der Waals surface area contributed by atoms with Crippen LogP contribution < -0.4 is 10.6 Å². The minimum atomic E-state index is 0.318. The van der Waals surface area contributed by atoms with Crippen LogP contribution in [0.25, 0.3) is 11.4 Å². The number of benzene rings is 1. The van der Waals surface area contributed by atoms with Crippen LogP contribution >= 0.6 is 0 Å². The summed E-state index contributed by atoms with van der Waals surface area (Å²) in [5.74, 6) is 1.66. The Kier molecular flexibility index (Phi) is 5.62. The summed E-state index contributed by atoms with van der Waals surface area (Å²) in [6, 6.07) is 8.71. The van der Waals surface area contributed by atoms with Crippen LogP contribution in [0.3, 0.4) is 0 Å². The van der Waals surface area contributed by atoms with Crippen molar-refractivity contribution in [3.05, 3.63) is 36.2 Å². The summed E-state index contributed by atoms with van der Waals surface area (Å²) in [6.45, 7) is 6.45. The van der Waals surface area contributed by atoms with Crippen molar-refractivity contribution >= 4 is 5.96 Å². The number of guanidine groups is 1. The first-order valence-corrected chi connectivity index (χ1v) is 10.4. The van der Waals surface area contributed by atoms with Crippen LogP contribution in [0.5, 0.6) is 0 Å². The molecule has 2 fully saturated rings. The van der Waals surface area contributed by atoms with Gasteiger partial charge in [-0.05, 0) is 44.7 Å². The second-order valence-electron chi connectivity index (χ2n) is 7.69. The highest BCUT2D eigenvalue weighted by molar-refractivity contribution is 5.80. The lowest BCUT2D eigenvalue weighted by atomic mass is 9.51. The molecule has 1 heterocycles. The van der Waals surface area contributed by atoms with Crippen LogP contribution in [0, 0.1) is 5.41 Å². The Bertz CT molecular complexity index is 799. The Morgan fingerprint density at radius 2 is 2.25 bits per heavy atom. The third-order valence-corrected chi connectivity index (χ3v) is 6.13. The molecule has 7 heteroatoms. The normalized spacial score (nSPS) is 23.1. The molecule has 2 aliphatic carbocycles. The van der Waals surface area contributed by atoms with Gasteiger partial charge in [-0.1, -0.05) is 24.6 Å². The van der Waals surface area contributed by atoms with Crippen molar-refractivity contribution in [1.82, 2.24) is 25.8 Å². The standard InChI is InChI=1S/C21H30N6O/c1-3-22-20(26-17-12-18(28-4-2)21(17)9-6-10-21)23-13-15-7-5-8-16(11-15)19-24-14-25-27-19/h5,7-8,11,14,17-18H,3-4,6,9-10,12-13H2,1-2H3,(H2,22,23,26)(H,24,25,27).